The highest BCUT2D eigenvalue weighted by molar-refractivity contribution is 7.89. The van der Waals surface area contributed by atoms with Gasteiger partial charge in [0.2, 0.25) is 10.0 Å². The molecule has 0 aromatic heterocycles. The van der Waals surface area contributed by atoms with Crippen LogP contribution in [-0.4, -0.2) is 86.5 Å². The minimum absolute atomic E-state index is 0.0795. The van der Waals surface area contributed by atoms with Crippen molar-refractivity contribution in [1.82, 2.24) is 14.1 Å². The number of thiocarbonyl (C=S) groups is 1. The van der Waals surface area contributed by atoms with E-state index in [1.165, 1.54) is 22.5 Å². The van der Waals surface area contributed by atoms with Crippen molar-refractivity contribution in [2.75, 3.05) is 59.0 Å². The first-order chi connectivity index (χ1) is 17.8. The first kappa shape index (κ1) is 28.0. The number of nitriles is 1. The summed E-state index contributed by atoms with van der Waals surface area (Å²) in [4.78, 5) is 5.24. The van der Waals surface area contributed by atoms with Crippen molar-refractivity contribution in [2.45, 2.75) is 17.7 Å². The van der Waals surface area contributed by atoms with E-state index >= 15 is 0 Å². The minimum atomic E-state index is -3.94. The summed E-state index contributed by atoms with van der Waals surface area (Å²) in [5.41, 5.74) is 0.218. The predicted octanol–water partition coefficient (Wildman–Crippen LogP) is 4.40. The monoisotopic (exact) mass is 582 g/mol. The van der Waals surface area contributed by atoms with Gasteiger partial charge in [-0.3, -0.25) is 4.90 Å². The lowest BCUT2D eigenvalue weighted by atomic mass is 10.2. The van der Waals surface area contributed by atoms with E-state index in [2.05, 4.69) is 9.80 Å². The highest BCUT2D eigenvalue weighted by Gasteiger charge is 2.32. The lowest BCUT2D eigenvalue weighted by Crippen LogP contribution is -2.50. The van der Waals surface area contributed by atoms with Crippen molar-refractivity contribution in [3.63, 3.8) is 0 Å². The van der Waals surface area contributed by atoms with Crippen LogP contribution in [0.1, 0.15) is 18.4 Å². The third-order valence-corrected chi connectivity index (χ3v) is 9.13. The molecule has 0 atom stereocenters. The molecule has 2 aromatic rings. The summed E-state index contributed by atoms with van der Waals surface area (Å²) in [5.74, 6) is 0.393. The molecule has 2 aliphatic rings. The zero-order valence-electron chi connectivity index (χ0n) is 20.2. The Morgan fingerprint density at radius 2 is 1.70 bits per heavy atom. The van der Waals surface area contributed by atoms with E-state index in [4.69, 9.17) is 44.9 Å². The Morgan fingerprint density at radius 3 is 2.35 bits per heavy atom. The molecule has 37 heavy (non-hydrogen) atoms. The Bertz CT molecular complexity index is 1250. The third kappa shape index (κ3) is 7.33. The van der Waals surface area contributed by atoms with Gasteiger partial charge in [-0.25, -0.2) is 8.42 Å². The van der Waals surface area contributed by atoms with E-state index in [0.717, 1.165) is 50.7 Å². The second kappa shape index (κ2) is 12.7. The van der Waals surface area contributed by atoms with E-state index < -0.39 is 10.0 Å². The number of piperazine rings is 1. The molecule has 0 aliphatic carbocycles. The smallest absolute Gasteiger partial charge is 0.246 e. The number of hydrogen-bond donors (Lipinski definition) is 0. The maximum absolute atomic E-state index is 13.6. The first-order valence-corrected chi connectivity index (χ1v) is 14.6. The topological polar surface area (TPSA) is 86.1 Å². The summed E-state index contributed by atoms with van der Waals surface area (Å²) in [6.45, 7) is 6.01. The average molecular weight is 584 g/mol. The fourth-order valence-corrected chi connectivity index (χ4v) is 6.73. The van der Waals surface area contributed by atoms with Gasteiger partial charge in [0.05, 0.1) is 29.8 Å². The van der Waals surface area contributed by atoms with Crippen LogP contribution in [0.3, 0.4) is 0 Å². The van der Waals surface area contributed by atoms with Gasteiger partial charge in [-0.2, -0.15) is 9.57 Å². The van der Waals surface area contributed by atoms with Crippen molar-refractivity contribution < 1.29 is 17.9 Å². The highest BCUT2D eigenvalue weighted by Crippen LogP contribution is 2.34. The molecule has 0 unspecified atom stereocenters. The second-order valence-electron chi connectivity index (χ2n) is 8.82. The number of hydrogen-bond acceptors (Lipinski definition) is 7. The Hall–Kier alpha value is -1.97. The van der Waals surface area contributed by atoms with E-state index in [-0.39, 0.29) is 29.3 Å². The molecule has 0 saturated carbocycles. The number of rotatable bonds is 8. The zero-order valence-corrected chi connectivity index (χ0v) is 23.4. The predicted molar refractivity (Wildman–Crippen MR) is 147 cm³/mol. The zero-order chi connectivity index (χ0) is 26.4. The van der Waals surface area contributed by atoms with Crippen LogP contribution in [0.4, 0.5) is 0 Å². The van der Waals surface area contributed by atoms with Gasteiger partial charge in [0, 0.05) is 49.3 Å². The molecule has 0 bridgehead atoms. The molecule has 2 aliphatic heterocycles. The second-order valence-corrected chi connectivity index (χ2v) is 12.1. The number of halogens is 2. The lowest BCUT2D eigenvalue weighted by Gasteiger charge is -2.36. The maximum Gasteiger partial charge on any atom is 0.246 e. The van der Waals surface area contributed by atoms with Crippen LogP contribution < -0.4 is 4.74 Å². The Kier molecular flexibility index (Phi) is 9.64. The Balaban J connectivity index is 1.41. The van der Waals surface area contributed by atoms with Crippen molar-refractivity contribution in [3.8, 4) is 17.6 Å². The van der Waals surface area contributed by atoms with Gasteiger partial charge < -0.3 is 14.4 Å². The minimum Gasteiger partial charge on any atom is -0.456 e. The molecule has 0 amide bonds. The molecule has 0 N–H and O–H groups in total. The molecule has 0 spiro atoms. The summed E-state index contributed by atoms with van der Waals surface area (Å²) in [5, 5.41) is 10.1. The summed E-state index contributed by atoms with van der Waals surface area (Å²) >= 11 is 17.8. The van der Waals surface area contributed by atoms with Crippen molar-refractivity contribution in [1.29, 1.82) is 5.26 Å². The fraction of sp³-hybridized carbons (Fsp3) is 0.440. The maximum atomic E-state index is 13.6. The molecule has 2 aromatic carbocycles. The molecule has 198 valence electrons. The quantitative estimate of drug-likeness (QED) is 0.423. The average Bonchev–Trinajstić information content (AvgIpc) is 2.89. The molecule has 4 rings (SSSR count). The molecule has 0 radical (unpaired) electrons. The van der Waals surface area contributed by atoms with Crippen molar-refractivity contribution >= 4 is 50.4 Å². The summed E-state index contributed by atoms with van der Waals surface area (Å²) in [7, 11) is -3.94. The lowest BCUT2D eigenvalue weighted by molar-refractivity contribution is 0.0376. The largest absolute Gasteiger partial charge is 0.456 e. The molecule has 2 fully saturated rings. The van der Waals surface area contributed by atoms with Crippen LogP contribution in [0.25, 0.3) is 0 Å². The van der Waals surface area contributed by atoms with Gasteiger partial charge >= 0.3 is 0 Å². The Labute approximate surface area is 233 Å². The van der Waals surface area contributed by atoms with E-state index in [9.17, 15) is 13.7 Å². The number of ether oxygens (including phenoxy) is 2. The van der Waals surface area contributed by atoms with Crippen LogP contribution in [0.5, 0.6) is 11.5 Å². The van der Waals surface area contributed by atoms with Crippen LogP contribution in [0, 0.1) is 11.3 Å². The molecular weight excluding hydrogens is 555 g/mol. The van der Waals surface area contributed by atoms with Crippen LogP contribution >= 0.6 is 35.4 Å². The van der Waals surface area contributed by atoms with Crippen LogP contribution in [-0.2, 0) is 14.8 Å². The van der Waals surface area contributed by atoms with Gasteiger partial charge in [-0.15, -0.1) is 0 Å². The first-order valence-electron chi connectivity index (χ1n) is 12.0. The molecule has 2 heterocycles. The van der Waals surface area contributed by atoms with E-state index in [0.29, 0.717) is 28.9 Å². The molecule has 2 saturated heterocycles. The number of morpholine rings is 1. The van der Waals surface area contributed by atoms with Gasteiger partial charge in [0.25, 0.3) is 0 Å². The number of sulfonamides is 1. The standard InChI is InChI=1S/C25H28Cl2N4O4S2/c26-20-15-21(27)17-22(16-20)35-23-4-3-19(18-28)14-24(23)37(32,33)31-8-6-30(7-9-31)25(36)2-1-5-29-10-12-34-13-11-29/h3-4,14-17H,1-2,5-13H2. The van der Waals surface area contributed by atoms with E-state index in [1.54, 1.807) is 18.2 Å². The van der Waals surface area contributed by atoms with Crippen LogP contribution in [0.2, 0.25) is 10.0 Å². The van der Waals surface area contributed by atoms with Crippen molar-refractivity contribution in [2.24, 2.45) is 0 Å². The highest BCUT2D eigenvalue weighted by atomic mass is 35.5. The van der Waals surface area contributed by atoms with E-state index in [1.807, 2.05) is 6.07 Å². The van der Waals surface area contributed by atoms with Gasteiger partial charge in [0.15, 0.2) is 0 Å². The van der Waals surface area contributed by atoms with Gasteiger partial charge in [-0.1, -0.05) is 35.4 Å². The Morgan fingerprint density at radius 1 is 1.03 bits per heavy atom. The van der Waals surface area contributed by atoms with Gasteiger partial charge in [-0.05, 0) is 55.8 Å². The summed E-state index contributed by atoms with van der Waals surface area (Å²) < 4.78 is 40.0. The molecular formula is C25H28Cl2N4O4S2. The molecule has 12 heteroatoms. The van der Waals surface area contributed by atoms with Gasteiger partial charge in [0.1, 0.15) is 16.4 Å². The fourth-order valence-electron chi connectivity index (χ4n) is 4.33. The number of nitrogens with zero attached hydrogens (tertiary/aromatic N) is 4. The SMILES string of the molecule is N#Cc1ccc(Oc2cc(Cl)cc(Cl)c2)c(S(=O)(=O)N2CCN(C(=S)CCCN3CCOCC3)CC2)c1. The summed E-state index contributed by atoms with van der Waals surface area (Å²) in [6, 6.07) is 11.0. The van der Waals surface area contributed by atoms with Crippen molar-refractivity contribution in [3.05, 3.63) is 52.0 Å². The normalized spacial score (nSPS) is 17.4. The summed E-state index contributed by atoms with van der Waals surface area (Å²) in [6.07, 6.45) is 1.76. The molecule has 8 nitrogen and oxygen atoms in total. The van der Waals surface area contributed by atoms with Crippen LogP contribution in [0.15, 0.2) is 41.3 Å². The number of benzene rings is 2. The third-order valence-electron chi connectivity index (χ3n) is 6.31.